The molecule has 0 radical (unpaired) electrons. The molecule has 2 amide bonds. The van der Waals surface area contributed by atoms with Crippen LogP contribution in [0.15, 0.2) is 24.3 Å². The molecule has 1 aromatic rings. The number of nitrogens with zero attached hydrogens (tertiary/aromatic N) is 3. The highest BCUT2D eigenvalue weighted by molar-refractivity contribution is 5.92. The van der Waals surface area contributed by atoms with Crippen molar-refractivity contribution in [2.24, 2.45) is 0 Å². The van der Waals surface area contributed by atoms with Crippen LogP contribution in [0.3, 0.4) is 0 Å². The van der Waals surface area contributed by atoms with Crippen LogP contribution < -0.4 is 9.80 Å². The summed E-state index contributed by atoms with van der Waals surface area (Å²) in [6.07, 6.45) is 1.03. The van der Waals surface area contributed by atoms with Gasteiger partial charge in [0.25, 0.3) is 0 Å². The van der Waals surface area contributed by atoms with Gasteiger partial charge in [-0.15, -0.1) is 0 Å². The molecular weight excluding hydrogens is 214 g/mol. The third-order valence-corrected chi connectivity index (χ3v) is 3.11. The van der Waals surface area contributed by atoms with Crippen LogP contribution in [0, 0.1) is 0 Å². The second-order valence-electron chi connectivity index (χ2n) is 4.62. The standard InChI is InChI=1S/C13H19N3O/c1-14(2)11-5-7-12(8-6-11)16-10-4-9-15(3)13(16)17/h5-8H,4,9-10H2,1-3H3. The van der Waals surface area contributed by atoms with Crippen LogP contribution in [-0.2, 0) is 0 Å². The van der Waals surface area contributed by atoms with E-state index >= 15 is 0 Å². The highest BCUT2D eigenvalue weighted by Gasteiger charge is 2.23. The molecule has 1 heterocycles. The number of hydrogen-bond donors (Lipinski definition) is 0. The van der Waals surface area contributed by atoms with Crippen molar-refractivity contribution < 1.29 is 4.79 Å². The quantitative estimate of drug-likeness (QED) is 0.781. The summed E-state index contributed by atoms with van der Waals surface area (Å²) in [5.74, 6) is 0. The van der Waals surface area contributed by atoms with Crippen LogP contribution in [0.4, 0.5) is 16.2 Å². The zero-order valence-corrected chi connectivity index (χ0v) is 10.7. The third kappa shape index (κ3) is 2.35. The summed E-state index contributed by atoms with van der Waals surface area (Å²) in [5.41, 5.74) is 2.12. The fourth-order valence-electron chi connectivity index (χ4n) is 2.03. The molecule has 4 nitrogen and oxygen atoms in total. The van der Waals surface area contributed by atoms with E-state index < -0.39 is 0 Å². The summed E-state index contributed by atoms with van der Waals surface area (Å²) >= 11 is 0. The molecule has 1 saturated heterocycles. The van der Waals surface area contributed by atoms with E-state index in [1.807, 2.05) is 55.2 Å². The Balaban J connectivity index is 2.19. The van der Waals surface area contributed by atoms with Gasteiger partial charge in [-0.3, -0.25) is 4.90 Å². The Morgan fingerprint density at radius 3 is 2.35 bits per heavy atom. The van der Waals surface area contributed by atoms with E-state index in [0.29, 0.717) is 0 Å². The topological polar surface area (TPSA) is 26.8 Å². The SMILES string of the molecule is CN1CCCN(c2ccc(N(C)C)cc2)C1=O. The van der Waals surface area contributed by atoms with Crippen molar-refractivity contribution in [3.8, 4) is 0 Å². The predicted octanol–water partition coefficient (Wildman–Crippen LogP) is 2.01. The molecule has 1 aliphatic heterocycles. The van der Waals surface area contributed by atoms with Crippen molar-refractivity contribution in [3.05, 3.63) is 24.3 Å². The molecule has 0 aliphatic carbocycles. The van der Waals surface area contributed by atoms with Gasteiger partial charge in [-0.05, 0) is 30.7 Å². The minimum absolute atomic E-state index is 0.0915. The molecule has 1 aliphatic rings. The summed E-state index contributed by atoms with van der Waals surface area (Å²) < 4.78 is 0. The second-order valence-corrected chi connectivity index (χ2v) is 4.62. The number of urea groups is 1. The maximum absolute atomic E-state index is 12.0. The third-order valence-electron chi connectivity index (χ3n) is 3.11. The molecule has 0 atom stereocenters. The summed E-state index contributed by atoms with van der Waals surface area (Å²) in [6, 6.07) is 8.18. The van der Waals surface area contributed by atoms with Crippen LogP contribution in [0.2, 0.25) is 0 Å². The number of hydrogen-bond acceptors (Lipinski definition) is 2. The molecule has 92 valence electrons. The Bertz CT molecular complexity index is 400. The molecule has 0 N–H and O–H groups in total. The first-order valence-corrected chi connectivity index (χ1v) is 5.89. The summed E-state index contributed by atoms with van der Waals surface area (Å²) in [5, 5.41) is 0. The van der Waals surface area contributed by atoms with Gasteiger partial charge in [0.2, 0.25) is 0 Å². The van der Waals surface area contributed by atoms with E-state index in [1.165, 1.54) is 0 Å². The van der Waals surface area contributed by atoms with Crippen LogP contribution in [0.25, 0.3) is 0 Å². The van der Waals surface area contributed by atoms with E-state index in [2.05, 4.69) is 0 Å². The van der Waals surface area contributed by atoms with Crippen molar-refractivity contribution in [2.75, 3.05) is 44.0 Å². The largest absolute Gasteiger partial charge is 0.378 e. The van der Waals surface area contributed by atoms with E-state index in [4.69, 9.17) is 0 Å². The van der Waals surface area contributed by atoms with Crippen molar-refractivity contribution in [3.63, 3.8) is 0 Å². The van der Waals surface area contributed by atoms with Gasteiger partial charge >= 0.3 is 6.03 Å². The molecule has 0 unspecified atom stereocenters. The van der Waals surface area contributed by atoms with E-state index in [9.17, 15) is 4.79 Å². The monoisotopic (exact) mass is 233 g/mol. The van der Waals surface area contributed by atoms with Crippen LogP contribution >= 0.6 is 0 Å². The van der Waals surface area contributed by atoms with Crippen LogP contribution in [0.1, 0.15) is 6.42 Å². The van der Waals surface area contributed by atoms with E-state index in [0.717, 1.165) is 30.9 Å². The first-order valence-electron chi connectivity index (χ1n) is 5.89. The van der Waals surface area contributed by atoms with Crippen molar-refractivity contribution in [2.45, 2.75) is 6.42 Å². The van der Waals surface area contributed by atoms with Gasteiger partial charge in [-0.2, -0.15) is 0 Å². The molecular formula is C13H19N3O. The minimum Gasteiger partial charge on any atom is -0.378 e. The second kappa shape index (κ2) is 4.65. The molecule has 2 rings (SSSR count). The highest BCUT2D eigenvalue weighted by atomic mass is 16.2. The smallest absolute Gasteiger partial charge is 0.324 e. The van der Waals surface area contributed by atoms with Gasteiger partial charge in [0.05, 0.1) is 0 Å². The number of amides is 2. The van der Waals surface area contributed by atoms with Gasteiger partial charge in [-0.1, -0.05) is 0 Å². The maximum Gasteiger partial charge on any atom is 0.324 e. The summed E-state index contributed by atoms with van der Waals surface area (Å²) in [4.78, 5) is 17.6. The first-order chi connectivity index (χ1) is 8.09. The number of carbonyl (C=O) groups is 1. The molecule has 0 spiro atoms. The lowest BCUT2D eigenvalue weighted by Crippen LogP contribution is -2.47. The number of anilines is 2. The molecule has 0 bridgehead atoms. The van der Waals surface area contributed by atoms with Gasteiger partial charge in [0.15, 0.2) is 0 Å². The zero-order valence-electron chi connectivity index (χ0n) is 10.7. The zero-order chi connectivity index (χ0) is 12.4. The van der Waals surface area contributed by atoms with E-state index in [-0.39, 0.29) is 6.03 Å². The predicted molar refractivity (Wildman–Crippen MR) is 70.8 cm³/mol. The molecule has 4 heteroatoms. The van der Waals surface area contributed by atoms with Gasteiger partial charge in [-0.25, -0.2) is 4.79 Å². The summed E-state index contributed by atoms with van der Waals surface area (Å²) in [6.45, 7) is 1.66. The van der Waals surface area contributed by atoms with Gasteiger partial charge in [0.1, 0.15) is 0 Å². The van der Waals surface area contributed by atoms with Gasteiger partial charge < -0.3 is 9.80 Å². The number of carbonyl (C=O) groups excluding carboxylic acids is 1. The Labute approximate surface area is 102 Å². The maximum atomic E-state index is 12.0. The van der Waals surface area contributed by atoms with Crippen LogP contribution in [0.5, 0.6) is 0 Å². The lowest BCUT2D eigenvalue weighted by molar-refractivity contribution is 0.207. The lowest BCUT2D eigenvalue weighted by Gasteiger charge is -2.33. The van der Waals surface area contributed by atoms with Crippen LogP contribution in [-0.4, -0.2) is 45.2 Å². The average molecular weight is 233 g/mol. The normalized spacial score (nSPS) is 16.3. The number of benzene rings is 1. The Morgan fingerprint density at radius 1 is 1.12 bits per heavy atom. The van der Waals surface area contributed by atoms with Crippen molar-refractivity contribution in [1.82, 2.24) is 4.90 Å². The summed E-state index contributed by atoms with van der Waals surface area (Å²) in [7, 11) is 5.87. The highest BCUT2D eigenvalue weighted by Crippen LogP contribution is 2.22. The Hall–Kier alpha value is -1.71. The number of rotatable bonds is 2. The minimum atomic E-state index is 0.0915. The molecule has 0 saturated carbocycles. The average Bonchev–Trinajstić information content (AvgIpc) is 2.33. The molecule has 0 aromatic heterocycles. The molecule has 1 aromatic carbocycles. The van der Waals surface area contributed by atoms with Crippen molar-refractivity contribution in [1.29, 1.82) is 0 Å². The molecule has 17 heavy (non-hydrogen) atoms. The van der Waals surface area contributed by atoms with Gasteiger partial charge in [0, 0.05) is 45.6 Å². The lowest BCUT2D eigenvalue weighted by atomic mass is 10.2. The van der Waals surface area contributed by atoms with Crippen molar-refractivity contribution >= 4 is 17.4 Å². The Kier molecular flexibility index (Phi) is 3.22. The van der Waals surface area contributed by atoms with E-state index in [1.54, 1.807) is 4.90 Å². The molecule has 1 fully saturated rings. The first kappa shape index (κ1) is 11.8. The fraction of sp³-hybridized carbons (Fsp3) is 0.462. The fourth-order valence-corrected chi connectivity index (χ4v) is 2.03. The Morgan fingerprint density at radius 2 is 1.76 bits per heavy atom.